The van der Waals surface area contributed by atoms with Crippen molar-refractivity contribution in [2.24, 2.45) is 0 Å². The average molecular weight is 428 g/mol. The Morgan fingerprint density at radius 2 is 1.84 bits per heavy atom. The van der Waals surface area contributed by atoms with E-state index in [1.165, 1.54) is 19.3 Å². The Bertz CT molecular complexity index is 870. The second kappa shape index (κ2) is 10.4. The minimum absolute atomic E-state index is 0.0254. The van der Waals surface area contributed by atoms with Crippen LogP contribution in [0.2, 0.25) is 0 Å². The lowest BCUT2D eigenvalue weighted by Gasteiger charge is -2.26. The van der Waals surface area contributed by atoms with Crippen molar-refractivity contribution in [1.29, 1.82) is 0 Å². The summed E-state index contributed by atoms with van der Waals surface area (Å²) >= 11 is 0. The molecule has 9 nitrogen and oxygen atoms in total. The van der Waals surface area contributed by atoms with E-state index in [0.29, 0.717) is 50.2 Å². The lowest BCUT2D eigenvalue weighted by molar-refractivity contribution is -0.137. The molecule has 166 valence electrons. The van der Waals surface area contributed by atoms with Gasteiger partial charge in [-0.3, -0.25) is 9.59 Å². The number of rotatable bonds is 7. The maximum atomic E-state index is 12.5. The minimum Gasteiger partial charge on any atom is -0.484 e. The summed E-state index contributed by atoms with van der Waals surface area (Å²) in [7, 11) is 0. The molecule has 1 N–H and O–H groups in total. The van der Waals surface area contributed by atoms with Gasteiger partial charge in [-0.05, 0) is 37.1 Å². The highest BCUT2D eigenvalue weighted by Crippen LogP contribution is 2.28. The van der Waals surface area contributed by atoms with E-state index in [0.717, 1.165) is 18.7 Å². The molecule has 0 unspecified atom stereocenters. The van der Waals surface area contributed by atoms with Crippen LogP contribution in [0.4, 0.5) is 0 Å². The third-order valence-corrected chi connectivity index (χ3v) is 5.87. The summed E-state index contributed by atoms with van der Waals surface area (Å²) in [4.78, 5) is 26.4. The van der Waals surface area contributed by atoms with Gasteiger partial charge in [0.15, 0.2) is 12.4 Å². The number of hydrogen-bond acceptors (Lipinski definition) is 6. The summed E-state index contributed by atoms with van der Waals surface area (Å²) in [5.74, 6) is 1.08. The Balaban J connectivity index is 1.26. The fourth-order valence-electron chi connectivity index (χ4n) is 4.07. The van der Waals surface area contributed by atoms with Gasteiger partial charge < -0.3 is 24.3 Å². The average Bonchev–Trinajstić information content (AvgIpc) is 3.31. The van der Waals surface area contributed by atoms with E-state index < -0.39 is 0 Å². The minimum atomic E-state index is -0.186. The first-order valence-corrected chi connectivity index (χ1v) is 11.0. The van der Waals surface area contributed by atoms with Crippen LogP contribution in [-0.4, -0.2) is 64.4 Å². The molecule has 1 aliphatic heterocycles. The first-order chi connectivity index (χ1) is 15.2. The topological polar surface area (TPSA) is 98.6 Å². The first kappa shape index (κ1) is 21.3. The molecule has 1 saturated heterocycles. The Morgan fingerprint density at radius 3 is 2.58 bits per heavy atom. The Morgan fingerprint density at radius 1 is 1.10 bits per heavy atom. The van der Waals surface area contributed by atoms with E-state index >= 15 is 0 Å². The molecule has 2 heterocycles. The highest BCUT2D eigenvalue weighted by molar-refractivity contribution is 5.94. The van der Waals surface area contributed by atoms with Crippen molar-refractivity contribution in [2.45, 2.75) is 44.7 Å². The van der Waals surface area contributed by atoms with Crippen molar-refractivity contribution in [3.8, 4) is 5.75 Å². The van der Waals surface area contributed by atoms with Gasteiger partial charge in [0.1, 0.15) is 12.1 Å². The molecule has 2 aromatic rings. The van der Waals surface area contributed by atoms with E-state index in [1.54, 1.807) is 35.5 Å². The highest BCUT2D eigenvalue weighted by atomic mass is 16.5. The van der Waals surface area contributed by atoms with Crippen molar-refractivity contribution >= 4 is 11.8 Å². The van der Waals surface area contributed by atoms with Gasteiger partial charge in [-0.2, -0.15) is 0 Å². The largest absolute Gasteiger partial charge is 0.484 e. The maximum Gasteiger partial charge on any atom is 0.260 e. The van der Waals surface area contributed by atoms with Crippen LogP contribution < -0.4 is 10.1 Å². The van der Waals surface area contributed by atoms with Crippen molar-refractivity contribution in [3.05, 3.63) is 42.0 Å². The van der Waals surface area contributed by atoms with Crippen molar-refractivity contribution in [1.82, 2.24) is 25.0 Å². The second-order valence-electron chi connectivity index (χ2n) is 7.94. The smallest absolute Gasteiger partial charge is 0.260 e. The van der Waals surface area contributed by atoms with Gasteiger partial charge in [-0.25, -0.2) is 0 Å². The monoisotopic (exact) mass is 427 g/mol. The molecular formula is C22H29N5O4. The highest BCUT2D eigenvalue weighted by Gasteiger charge is 2.19. The fourth-order valence-corrected chi connectivity index (χ4v) is 4.07. The number of carbonyl (C=O) groups is 2. The second-order valence-corrected chi connectivity index (χ2v) is 7.94. The summed E-state index contributed by atoms with van der Waals surface area (Å²) in [6, 6.07) is 7.20. The van der Waals surface area contributed by atoms with Gasteiger partial charge in [0.2, 0.25) is 0 Å². The number of morpholine rings is 1. The number of nitrogens with one attached hydrogen (secondary N) is 1. The SMILES string of the molecule is O=C(NCc1nncn1C1CCCCC1)c1ccc(OCC(=O)N2CCOCC2)cc1. The summed E-state index contributed by atoms with van der Waals surface area (Å²) in [5.41, 5.74) is 0.524. The number of carbonyl (C=O) groups excluding carboxylic acids is 2. The normalized spacial score (nSPS) is 17.4. The summed E-state index contributed by atoms with van der Waals surface area (Å²) in [5, 5.41) is 11.1. The molecule has 1 saturated carbocycles. The Labute approximate surface area is 181 Å². The molecule has 0 atom stereocenters. The predicted octanol–water partition coefficient (Wildman–Crippen LogP) is 1.95. The van der Waals surface area contributed by atoms with E-state index in [-0.39, 0.29) is 18.4 Å². The quantitative estimate of drug-likeness (QED) is 0.725. The molecule has 2 aliphatic rings. The number of nitrogens with zero attached hydrogens (tertiary/aromatic N) is 4. The molecule has 1 aromatic carbocycles. The van der Waals surface area contributed by atoms with E-state index in [2.05, 4.69) is 20.1 Å². The number of hydrogen-bond donors (Lipinski definition) is 1. The van der Waals surface area contributed by atoms with E-state index in [9.17, 15) is 9.59 Å². The molecule has 0 radical (unpaired) electrons. The van der Waals surface area contributed by atoms with Crippen molar-refractivity contribution in [3.63, 3.8) is 0 Å². The van der Waals surface area contributed by atoms with Crippen LogP contribution in [0.3, 0.4) is 0 Å². The summed E-state index contributed by atoms with van der Waals surface area (Å²) in [6.07, 6.45) is 7.76. The molecule has 2 amide bonds. The van der Waals surface area contributed by atoms with Gasteiger partial charge in [-0.15, -0.1) is 10.2 Å². The van der Waals surface area contributed by atoms with Gasteiger partial charge in [0, 0.05) is 24.7 Å². The molecule has 9 heteroatoms. The van der Waals surface area contributed by atoms with Gasteiger partial charge in [-0.1, -0.05) is 19.3 Å². The van der Waals surface area contributed by atoms with Crippen molar-refractivity contribution in [2.75, 3.05) is 32.9 Å². The number of aromatic nitrogens is 3. The molecule has 0 bridgehead atoms. The standard InChI is InChI=1S/C22H29N5O4/c28-21(26-10-12-30-13-11-26)15-31-19-8-6-17(7-9-19)22(29)23-14-20-25-24-16-27(20)18-4-2-1-3-5-18/h6-9,16,18H,1-5,10-15H2,(H,23,29). The Kier molecular flexibility index (Phi) is 7.14. The van der Waals surface area contributed by atoms with Crippen LogP contribution in [0.25, 0.3) is 0 Å². The predicted molar refractivity (Wildman–Crippen MR) is 113 cm³/mol. The molecular weight excluding hydrogens is 398 g/mol. The number of ether oxygens (including phenoxy) is 2. The lowest BCUT2D eigenvalue weighted by atomic mass is 9.95. The van der Waals surface area contributed by atoms with Crippen LogP contribution in [0.1, 0.15) is 54.3 Å². The number of amides is 2. The van der Waals surface area contributed by atoms with Crippen LogP contribution in [-0.2, 0) is 16.1 Å². The molecule has 1 aromatic heterocycles. The zero-order valence-corrected chi connectivity index (χ0v) is 17.7. The van der Waals surface area contributed by atoms with Crippen molar-refractivity contribution < 1.29 is 19.1 Å². The van der Waals surface area contributed by atoms with Crippen LogP contribution in [0.15, 0.2) is 30.6 Å². The zero-order valence-electron chi connectivity index (χ0n) is 17.7. The van der Waals surface area contributed by atoms with E-state index in [1.807, 2.05) is 0 Å². The molecule has 0 spiro atoms. The van der Waals surface area contributed by atoms with Gasteiger partial charge in [0.25, 0.3) is 11.8 Å². The Hall–Kier alpha value is -2.94. The van der Waals surface area contributed by atoms with Gasteiger partial charge in [0.05, 0.1) is 19.8 Å². The molecule has 4 rings (SSSR count). The third kappa shape index (κ3) is 5.61. The van der Waals surface area contributed by atoms with Gasteiger partial charge >= 0.3 is 0 Å². The number of benzene rings is 1. The van der Waals surface area contributed by atoms with E-state index in [4.69, 9.17) is 9.47 Å². The fraction of sp³-hybridized carbons (Fsp3) is 0.545. The van der Waals surface area contributed by atoms with Crippen LogP contribution >= 0.6 is 0 Å². The lowest BCUT2D eigenvalue weighted by Crippen LogP contribution is -2.42. The zero-order chi connectivity index (χ0) is 21.5. The summed E-state index contributed by atoms with van der Waals surface area (Å²) in [6.45, 7) is 2.62. The molecule has 2 fully saturated rings. The molecule has 1 aliphatic carbocycles. The maximum absolute atomic E-state index is 12.5. The van der Waals surface area contributed by atoms with Crippen LogP contribution in [0, 0.1) is 0 Å². The third-order valence-electron chi connectivity index (χ3n) is 5.87. The first-order valence-electron chi connectivity index (χ1n) is 11.0. The molecule has 31 heavy (non-hydrogen) atoms. The summed E-state index contributed by atoms with van der Waals surface area (Å²) < 4.78 is 12.9. The van der Waals surface area contributed by atoms with Crippen LogP contribution in [0.5, 0.6) is 5.75 Å².